The molecule has 1 N–H and O–H groups in total. The molecule has 0 bridgehead atoms. The quantitative estimate of drug-likeness (QED) is 0.889. The zero-order chi connectivity index (χ0) is 13.4. The number of benzene rings is 1. The molecule has 3 aliphatic heterocycles. The van der Waals surface area contributed by atoms with Crippen LogP contribution in [0, 0.1) is 5.41 Å². The van der Waals surface area contributed by atoms with Crippen molar-refractivity contribution in [2.45, 2.75) is 19.4 Å². The van der Waals surface area contributed by atoms with E-state index in [0.29, 0.717) is 18.6 Å². The number of fused-ring (bicyclic) bond motifs is 1. The van der Waals surface area contributed by atoms with Crippen LogP contribution < -0.4 is 14.8 Å². The van der Waals surface area contributed by atoms with Crippen molar-refractivity contribution < 1.29 is 9.47 Å². The summed E-state index contributed by atoms with van der Waals surface area (Å²) in [6.07, 6.45) is 2.66. The maximum atomic E-state index is 5.82. The normalized spacial score (nSPS) is 29.2. The number of nitrogens with zero attached hydrogens (tertiary/aromatic N) is 1. The second-order valence-electron chi connectivity index (χ2n) is 6.33. The molecule has 20 heavy (non-hydrogen) atoms. The van der Waals surface area contributed by atoms with Gasteiger partial charge in [0.05, 0.1) is 0 Å². The maximum absolute atomic E-state index is 5.82. The molecule has 1 unspecified atom stereocenters. The van der Waals surface area contributed by atoms with Gasteiger partial charge in [-0.1, -0.05) is 12.1 Å². The minimum Gasteiger partial charge on any atom is -0.486 e. The highest BCUT2D eigenvalue weighted by Crippen LogP contribution is 2.39. The molecule has 1 spiro atoms. The van der Waals surface area contributed by atoms with Crippen molar-refractivity contribution in [3.8, 4) is 11.5 Å². The highest BCUT2D eigenvalue weighted by molar-refractivity contribution is 5.47. The summed E-state index contributed by atoms with van der Waals surface area (Å²) < 4.78 is 11.5. The van der Waals surface area contributed by atoms with Crippen molar-refractivity contribution >= 4 is 0 Å². The van der Waals surface area contributed by atoms with Crippen molar-refractivity contribution in [2.75, 3.05) is 39.4 Å². The van der Waals surface area contributed by atoms with Crippen LogP contribution in [0.25, 0.3) is 0 Å². The van der Waals surface area contributed by atoms with Crippen molar-refractivity contribution in [3.63, 3.8) is 0 Å². The van der Waals surface area contributed by atoms with Gasteiger partial charge < -0.3 is 14.8 Å². The molecule has 4 nitrogen and oxygen atoms in total. The Morgan fingerprint density at radius 3 is 3.05 bits per heavy atom. The van der Waals surface area contributed by atoms with Crippen molar-refractivity contribution in [1.82, 2.24) is 10.2 Å². The topological polar surface area (TPSA) is 33.7 Å². The third-order valence-corrected chi connectivity index (χ3v) is 4.89. The van der Waals surface area contributed by atoms with Crippen LogP contribution in [0.1, 0.15) is 18.4 Å². The summed E-state index contributed by atoms with van der Waals surface area (Å²) in [6.45, 7) is 7.10. The SMILES string of the molecule is c1cc(CN2CCC3(CCNC3)C2)c2c(c1)OCCO2. The van der Waals surface area contributed by atoms with E-state index in [9.17, 15) is 0 Å². The largest absolute Gasteiger partial charge is 0.486 e. The number of para-hydroxylation sites is 1. The fourth-order valence-electron chi connectivity index (χ4n) is 3.81. The van der Waals surface area contributed by atoms with Crippen molar-refractivity contribution in [1.29, 1.82) is 0 Å². The Labute approximate surface area is 120 Å². The summed E-state index contributed by atoms with van der Waals surface area (Å²) in [5.74, 6) is 1.87. The predicted octanol–water partition coefficient (Wildman–Crippen LogP) is 1.64. The number of hydrogen-bond acceptors (Lipinski definition) is 4. The van der Waals surface area contributed by atoms with E-state index in [1.807, 2.05) is 6.07 Å². The number of rotatable bonds is 2. The number of hydrogen-bond donors (Lipinski definition) is 1. The van der Waals surface area contributed by atoms with Crippen LogP contribution in [0.15, 0.2) is 18.2 Å². The van der Waals surface area contributed by atoms with Crippen LogP contribution >= 0.6 is 0 Å². The molecule has 0 amide bonds. The molecule has 3 heterocycles. The zero-order valence-corrected chi connectivity index (χ0v) is 11.9. The lowest BCUT2D eigenvalue weighted by Crippen LogP contribution is -2.29. The van der Waals surface area contributed by atoms with E-state index in [1.54, 1.807) is 0 Å². The van der Waals surface area contributed by atoms with Crippen LogP contribution in [-0.4, -0.2) is 44.3 Å². The third-order valence-electron chi connectivity index (χ3n) is 4.89. The smallest absolute Gasteiger partial charge is 0.165 e. The van der Waals surface area contributed by atoms with Gasteiger partial charge in [-0.15, -0.1) is 0 Å². The monoisotopic (exact) mass is 274 g/mol. The first-order valence-corrected chi connectivity index (χ1v) is 7.65. The molecule has 4 heteroatoms. The van der Waals surface area contributed by atoms with E-state index in [1.165, 1.54) is 44.6 Å². The minimum absolute atomic E-state index is 0.534. The Kier molecular flexibility index (Phi) is 3.08. The summed E-state index contributed by atoms with van der Waals surface area (Å²) in [5.41, 5.74) is 1.80. The molecule has 108 valence electrons. The van der Waals surface area contributed by atoms with Gasteiger partial charge >= 0.3 is 0 Å². The first-order valence-electron chi connectivity index (χ1n) is 7.65. The predicted molar refractivity (Wildman–Crippen MR) is 77.2 cm³/mol. The van der Waals surface area contributed by atoms with Gasteiger partial charge in [0.15, 0.2) is 11.5 Å². The van der Waals surface area contributed by atoms with E-state index < -0.39 is 0 Å². The number of likely N-dealkylation sites (tertiary alicyclic amines) is 1. The van der Waals surface area contributed by atoms with Crippen LogP contribution in [0.5, 0.6) is 11.5 Å². The molecule has 0 aliphatic carbocycles. The van der Waals surface area contributed by atoms with Gasteiger partial charge in [0, 0.05) is 25.2 Å². The van der Waals surface area contributed by atoms with Gasteiger partial charge in [0.2, 0.25) is 0 Å². The van der Waals surface area contributed by atoms with Crippen molar-refractivity contribution in [3.05, 3.63) is 23.8 Å². The number of nitrogens with one attached hydrogen (secondary N) is 1. The molecular formula is C16H22N2O2. The summed E-state index contributed by atoms with van der Waals surface area (Å²) in [6, 6.07) is 6.25. The Morgan fingerprint density at radius 2 is 2.15 bits per heavy atom. The fraction of sp³-hybridized carbons (Fsp3) is 0.625. The Balaban J connectivity index is 1.50. The molecule has 1 aromatic carbocycles. The van der Waals surface area contributed by atoms with Crippen molar-refractivity contribution in [2.24, 2.45) is 5.41 Å². The first kappa shape index (κ1) is 12.5. The summed E-state index contributed by atoms with van der Waals surface area (Å²) >= 11 is 0. The van der Waals surface area contributed by atoms with E-state index in [4.69, 9.17) is 9.47 Å². The molecule has 2 fully saturated rings. The van der Waals surface area contributed by atoms with Crippen LogP contribution in [-0.2, 0) is 6.54 Å². The van der Waals surface area contributed by atoms with Crippen LogP contribution in [0.2, 0.25) is 0 Å². The average Bonchev–Trinajstić information content (AvgIpc) is 3.10. The molecule has 1 atom stereocenters. The molecule has 4 rings (SSSR count). The number of ether oxygens (including phenoxy) is 2. The molecule has 0 saturated carbocycles. The van der Waals surface area contributed by atoms with Gasteiger partial charge in [-0.05, 0) is 37.4 Å². The summed E-state index contributed by atoms with van der Waals surface area (Å²) in [4.78, 5) is 2.57. The lowest BCUT2D eigenvalue weighted by atomic mass is 9.86. The fourth-order valence-corrected chi connectivity index (χ4v) is 3.81. The summed E-state index contributed by atoms with van der Waals surface area (Å²) in [5, 5.41) is 3.52. The Bertz CT molecular complexity index is 497. The van der Waals surface area contributed by atoms with Crippen LogP contribution in [0.3, 0.4) is 0 Å². The van der Waals surface area contributed by atoms with E-state index >= 15 is 0 Å². The van der Waals surface area contributed by atoms with Crippen LogP contribution in [0.4, 0.5) is 0 Å². The Hall–Kier alpha value is -1.26. The van der Waals surface area contributed by atoms with Gasteiger partial charge in [0.25, 0.3) is 0 Å². The van der Waals surface area contributed by atoms with Gasteiger partial charge in [-0.3, -0.25) is 4.90 Å². The molecular weight excluding hydrogens is 252 g/mol. The molecule has 2 saturated heterocycles. The third kappa shape index (κ3) is 2.17. The van der Waals surface area contributed by atoms with Gasteiger partial charge in [0.1, 0.15) is 13.2 Å². The lowest BCUT2D eigenvalue weighted by molar-refractivity contribution is 0.167. The first-order chi connectivity index (χ1) is 9.85. The van der Waals surface area contributed by atoms with E-state index in [-0.39, 0.29) is 0 Å². The van der Waals surface area contributed by atoms with Gasteiger partial charge in [-0.25, -0.2) is 0 Å². The molecule has 0 aromatic heterocycles. The van der Waals surface area contributed by atoms with E-state index in [2.05, 4.69) is 22.3 Å². The summed E-state index contributed by atoms with van der Waals surface area (Å²) in [7, 11) is 0. The molecule has 1 aromatic rings. The lowest BCUT2D eigenvalue weighted by Gasteiger charge is -2.25. The van der Waals surface area contributed by atoms with Gasteiger partial charge in [-0.2, -0.15) is 0 Å². The second kappa shape index (κ2) is 4.93. The highest BCUT2D eigenvalue weighted by atomic mass is 16.6. The molecule has 3 aliphatic rings. The standard InChI is InChI=1S/C16H22N2O2/c1-2-13(15-14(3-1)19-8-9-20-15)10-18-7-5-16(12-18)4-6-17-11-16/h1-3,17H,4-12H2. The highest BCUT2D eigenvalue weighted by Gasteiger charge is 2.40. The minimum atomic E-state index is 0.534. The second-order valence-corrected chi connectivity index (χ2v) is 6.33. The van der Waals surface area contributed by atoms with E-state index in [0.717, 1.165) is 18.0 Å². The average molecular weight is 274 g/mol. The molecule has 0 radical (unpaired) electrons. The zero-order valence-electron chi connectivity index (χ0n) is 11.9. The maximum Gasteiger partial charge on any atom is 0.165 e. The Morgan fingerprint density at radius 1 is 1.20 bits per heavy atom.